The molecule has 0 aliphatic rings. The van der Waals surface area contributed by atoms with Gasteiger partial charge in [0, 0.05) is 22.2 Å². The molecule has 0 saturated carbocycles. The van der Waals surface area contributed by atoms with Crippen molar-refractivity contribution in [2.24, 2.45) is 11.8 Å². The highest BCUT2D eigenvalue weighted by Crippen LogP contribution is 2.25. The van der Waals surface area contributed by atoms with Gasteiger partial charge in [0.15, 0.2) is 11.5 Å². The van der Waals surface area contributed by atoms with Gasteiger partial charge in [-0.2, -0.15) is 0 Å². The minimum absolute atomic E-state index is 0.0487. The number of nitrogens with zero attached hydrogens (tertiary/aromatic N) is 3. The molecule has 0 aliphatic carbocycles. The predicted molar refractivity (Wildman–Crippen MR) is 108 cm³/mol. The monoisotopic (exact) mass is 404 g/mol. The number of rotatable bonds is 6. The number of carbonyl (C=O) groups excluding carboxylic acids is 1. The summed E-state index contributed by atoms with van der Waals surface area (Å²) in [5, 5.41) is 12.8. The van der Waals surface area contributed by atoms with Gasteiger partial charge in [-0.15, -0.1) is 10.2 Å². The van der Waals surface area contributed by atoms with E-state index in [1.54, 1.807) is 12.1 Å². The zero-order valence-electron chi connectivity index (χ0n) is 15.5. The Bertz CT molecular complexity index is 954. The van der Waals surface area contributed by atoms with Crippen LogP contribution in [-0.2, 0) is 11.2 Å². The van der Waals surface area contributed by atoms with Crippen LogP contribution in [0.1, 0.15) is 38.2 Å². The van der Waals surface area contributed by atoms with Crippen molar-refractivity contribution in [3.63, 3.8) is 0 Å². The zero-order valence-corrected chi connectivity index (χ0v) is 17.0. The maximum Gasteiger partial charge on any atom is 0.223 e. The Morgan fingerprint density at radius 2 is 1.93 bits per heavy atom. The van der Waals surface area contributed by atoms with Crippen molar-refractivity contribution in [3.8, 4) is 0 Å². The number of halogens is 2. The van der Waals surface area contributed by atoms with Crippen LogP contribution in [0.2, 0.25) is 10.0 Å². The summed E-state index contributed by atoms with van der Waals surface area (Å²) < 4.78 is 1.91. The summed E-state index contributed by atoms with van der Waals surface area (Å²) in [6, 6.07) is 10.8. The highest BCUT2D eigenvalue weighted by molar-refractivity contribution is 6.35. The largest absolute Gasteiger partial charge is 0.346 e. The van der Waals surface area contributed by atoms with Crippen molar-refractivity contribution in [1.29, 1.82) is 0 Å². The van der Waals surface area contributed by atoms with Gasteiger partial charge < -0.3 is 5.32 Å². The number of carbonyl (C=O) groups is 1. The molecule has 0 spiro atoms. The molecular weight excluding hydrogens is 383 g/mol. The van der Waals surface area contributed by atoms with Crippen LogP contribution in [0.3, 0.4) is 0 Å². The quantitative estimate of drug-likeness (QED) is 0.645. The van der Waals surface area contributed by atoms with Gasteiger partial charge in [-0.3, -0.25) is 9.20 Å². The average molecular weight is 405 g/mol. The lowest BCUT2D eigenvalue weighted by molar-refractivity contribution is -0.125. The summed E-state index contributed by atoms with van der Waals surface area (Å²) in [6.45, 7) is 5.99. The van der Waals surface area contributed by atoms with Crippen LogP contribution < -0.4 is 5.32 Å². The molecule has 3 aromatic rings. The molecule has 1 aromatic carbocycles. The fraction of sp³-hybridized carbons (Fsp3) is 0.350. The van der Waals surface area contributed by atoms with E-state index in [2.05, 4.69) is 29.4 Å². The van der Waals surface area contributed by atoms with Gasteiger partial charge in [0.25, 0.3) is 0 Å². The van der Waals surface area contributed by atoms with Gasteiger partial charge in [-0.05, 0) is 42.2 Å². The Kier molecular flexibility index (Phi) is 6.02. The minimum Gasteiger partial charge on any atom is -0.346 e. The molecule has 0 bridgehead atoms. The molecule has 0 radical (unpaired) electrons. The maximum absolute atomic E-state index is 12.8. The van der Waals surface area contributed by atoms with Crippen LogP contribution in [0.4, 0.5) is 0 Å². The molecule has 0 aliphatic heterocycles. The molecular formula is C20H22Cl2N4O. The summed E-state index contributed by atoms with van der Waals surface area (Å²) >= 11 is 12.2. The highest BCUT2D eigenvalue weighted by atomic mass is 35.5. The minimum atomic E-state index is -0.246. The molecule has 0 saturated heterocycles. The van der Waals surface area contributed by atoms with Crippen molar-refractivity contribution in [2.75, 3.05) is 0 Å². The van der Waals surface area contributed by atoms with E-state index in [0.717, 1.165) is 17.0 Å². The van der Waals surface area contributed by atoms with E-state index >= 15 is 0 Å². The first-order valence-electron chi connectivity index (χ1n) is 8.90. The summed E-state index contributed by atoms with van der Waals surface area (Å²) in [4.78, 5) is 12.8. The highest BCUT2D eigenvalue weighted by Gasteiger charge is 2.26. The molecule has 1 amide bonds. The van der Waals surface area contributed by atoms with E-state index in [1.165, 1.54) is 0 Å². The summed E-state index contributed by atoms with van der Waals surface area (Å²) in [7, 11) is 0. The van der Waals surface area contributed by atoms with Crippen molar-refractivity contribution in [1.82, 2.24) is 19.9 Å². The van der Waals surface area contributed by atoms with Crippen LogP contribution in [0.5, 0.6) is 0 Å². The topological polar surface area (TPSA) is 59.3 Å². The third-order valence-electron chi connectivity index (χ3n) is 4.57. The van der Waals surface area contributed by atoms with E-state index in [-0.39, 0.29) is 23.8 Å². The fourth-order valence-electron chi connectivity index (χ4n) is 3.01. The van der Waals surface area contributed by atoms with Crippen molar-refractivity contribution in [3.05, 3.63) is 64.0 Å². The molecule has 1 N–H and O–H groups in total. The molecule has 0 fully saturated rings. The lowest BCUT2D eigenvalue weighted by atomic mass is 9.98. The molecule has 2 unspecified atom stereocenters. The van der Waals surface area contributed by atoms with Gasteiger partial charge in [0.05, 0.1) is 6.04 Å². The number of amides is 1. The Morgan fingerprint density at radius 1 is 1.15 bits per heavy atom. The van der Waals surface area contributed by atoms with Gasteiger partial charge in [-0.25, -0.2) is 0 Å². The molecule has 2 heterocycles. The number of nitrogens with one attached hydrogen (secondary N) is 1. The fourth-order valence-corrected chi connectivity index (χ4v) is 3.49. The van der Waals surface area contributed by atoms with E-state index in [4.69, 9.17) is 23.2 Å². The number of benzene rings is 1. The number of hydrogen-bond donors (Lipinski definition) is 1. The smallest absolute Gasteiger partial charge is 0.223 e. The first-order valence-corrected chi connectivity index (χ1v) is 9.66. The summed E-state index contributed by atoms with van der Waals surface area (Å²) in [5.74, 6) is 0.593. The normalized spacial score (nSPS) is 13.7. The van der Waals surface area contributed by atoms with Crippen LogP contribution in [0, 0.1) is 11.8 Å². The standard InChI is InChI=1S/C20H22Cl2N4O/c1-12(2)18(19-25-24-17-6-4-5-9-26(17)19)23-20(27)13(3)10-14-7-8-15(21)11-16(14)22/h4-9,11-13,18H,10H2,1-3H3,(H,23,27). The van der Waals surface area contributed by atoms with Gasteiger partial charge in [0.2, 0.25) is 5.91 Å². The van der Waals surface area contributed by atoms with E-state index in [9.17, 15) is 4.79 Å². The maximum atomic E-state index is 12.8. The van der Waals surface area contributed by atoms with E-state index < -0.39 is 0 Å². The molecule has 5 nitrogen and oxygen atoms in total. The third-order valence-corrected chi connectivity index (χ3v) is 5.16. The van der Waals surface area contributed by atoms with Crippen LogP contribution in [-0.4, -0.2) is 20.5 Å². The average Bonchev–Trinajstić information content (AvgIpc) is 3.05. The van der Waals surface area contributed by atoms with Crippen LogP contribution in [0.15, 0.2) is 42.6 Å². The molecule has 2 atom stereocenters. The predicted octanol–water partition coefficient (Wildman–Crippen LogP) is 4.73. The first kappa shape index (κ1) is 19.6. The van der Waals surface area contributed by atoms with Crippen molar-refractivity contribution >= 4 is 34.8 Å². The Hall–Kier alpha value is -2.11. The molecule has 7 heteroatoms. The summed E-state index contributed by atoms with van der Waals surface area (Å²) in [5.41, 5.74) is 1.66. The van der Waals surface area contributed by atoms with Crippen molar-refractivity contribution < 1.29 is 4.79 Å². The SMILES string of the molecule is CC(Cc1ccc(Cl)cc1Cl)C(=O)NC(c1nnc2ccccn12)C(C)C. The van der Waals surface area contributed by atoms with Crippen LogP contribution in [0.25, 0.3) is 5.65 Å². The van der Waals surface area contributed by atoms with E-state index in [1.807, 2.05) is 41.8 Å². The zero-order chi connectivity index (χ0) is 19.6. The van der Waals surface area contributed by atoms with Gasteiger partial charge in [0.1, 0.15) is 0 Å². The number of hydrogen-bond acceptors (Lipinski definition) is 3. The second-order valence-corrected chi connectivity index (χ2v) is 7.90. The number of pyridine rings is 1. The lowest BCUT2D eigenvalue weighted by Crippen LogP contribution is -2.37. The van der Waals surface area contributed by atoms with Crippen LogP contribution >= 0.6 is 23.2 Å². The van der Waals surface area contributed by atoms with Gasteiger partial charge >= 0.3 is 0 Å². The number of aromatic nitrogens is 3. The Morgan fingerprint density at radius 3 is 2.63 bits per heavy atom. The van der Waals surface area contributed by atoms with Crippen molar-refractivity contribution in [2.45, 2.75) is 33.2 Å². The first-order chi connectivity index (χ1) is 12.9. The second-order valence-electron chi connectivity index (χ2n) is 7.06. The molecule has 142 valence electrons. The van der Waals surface area contributed by atoms with Gasteiger partial charge in [-0.1, -0.05) is 56.1 Å². The number of fused-ring (bicyclic) bond motifs is 1. The second kappa shape index (κ2) is 8.28. The Balaban J connectivity index is 1.77. The third kappa shape index (κ3) is 4.42. The lowest BCUT2D eigenvalue weighted by Gasteiger charge is -2.23. The Labute approximate surface area is 168 Å². The molecule has 2 aromatic heterocycles. The van der Waals surface area contributed by atoms with E-state index in [0.29, 0.717) is 16.5 Å². The molecule has 27 heavy (non-hydrogen) atoms. The summed E-state index contributed by atoms with van der Waals surface area (Å²) in [6.07, 6.45) is 2.44. The molecule has 3 rings (SSSR count).